The summed E-state index contributed by atoms with van der Waals surface area (Å²) >= 11 is 5.83. The van der Waals surface area contributed by atoms with Crippen molar-refractivity contribution in [2.45, 2.75) is 6.54 Å². The number of benzene rings is 2. The van der Waals surface area contributed by atoms with Gasteiger partial charge in [0.25, 0.3) is 5.69 Å². The van der Waals surface area contributed by atoms with Crippen molar-refractivity contribution in [1.29, 1.82) is 0 Å². The summed E-state index contributed by atoms with van der Waals surface area (Å²) in [7, 11) is 0. The lowest BCUT2D eigenvalue weighted by Gasteiger charge is -2.07. The highest BCUT2D eigenvalue weighted by Gasteiger charge is 2.13. The summed E-state index contributed by atoms with van der Waals surface area (Å²) in [6.07, 6.45) is 0. The van der Waals surface area contributed by atoms with Gasteiger partial charge in [-0.15, -0.1) is 0 Å². The fourth-order valence-corrected chi connectivity index (χ4v) is 1.86. The van der Waals surface area contributed by atoms with Crippen LogP contribution in [0.25, 0.3) is 0 Å². The van der Waals surface area contributed by atoms with Gasteiger partial charge in [-0.3, -0.25) is 10.1 Å². The van der Waals surface area contributed by atoms with E-state index in [4.69, 9.17) is 11.6 Å². The molecule has 2 aromatic carbocycles. The van der Waals surface area contributed by atoms with Crippen molar-refractivity contribution in [3.8, 4) is 0 Å². The molecule has 0 atom stereocenters. The van der Waals surface area contributed by atoms with Crippen LogP contribution in [0.1, 0.15) is 5.56 Å². The van der Waals surface area contributed by atoms with Crippen LogP contribution in [-0.2, 0) is 6.54 Å². The minimum atomic E-state index is -0.533. The second-order valence-corrected chi connectivity index (χ2v) is 4.33. The Morgan fingerprint density at radius 1 is 1.26 bits per heavy atom. The molecule has 0 saturated carbocycles. The summed E-state index contributed by atoms with van der Waals surface area (Å²) in [4.78, 5) is 10.3. The van der Waals surface area contributed by atoms with Crippen LogP contribution in [0.5, 0.6) is 0 Å². The van der Waals surface area contributed by atoms with E-state index in [-0.39, 0.29) is 17.8 Å². The molecule has 0 aliphatic rings. The monoisotopic (exact) mass is 280 g/mol. The SMILES string of the molecule is O=[N+]([O-])c1ccc(F)cc1CNc1cccc(Cl)c1. The molecule has 6 heteroatoms. The number of nitrogens with zero attached hydrogens (tertiary/aromatic N) is 1. The molecule has 1 N–H and O–H groups in total. The lowest BCUT2D eigenvalue weighted by molar-refractivity contribution is -0.385. The zero-order valence-corrected chi connectivity index (χ0v) is 10.5. The van der Waals surface area contributed by atoms with Crippen LogP contribution in [0.4, 0.5) is 15.8 Å². The zero-order chi connectivity index (χ0) is 13.8. The molecule has 98 valence electrons. The van der Waals surface area contributed by atoms with Gasteiger partial charge in [-0.05, 0) is 30.3 Å². The molecule has 0 heterocycles. The highest BCUT2D eigenvalue weighted by Crippen LogP contribution is 2.22. The van der Waals surface area contributed by atoms with Gasteiger partial charge in [0.05, 0.1) is 10.5 Å². The van der Waals surface area contributed by atoms with Crippen molar-refractivity contribution >= 4 is 23.0 Å². The third-order valence-electron chi connectivity index (χ3n) is 2.55. The van der Waals surface area contributed by atoms with Crippen molar-refractivity contribution in [1.82, 2.24) is 0 Å². The number of rotatable bonds is 4. The van der Waals surface area contributed by atoms with E-state index in [9.17, 15) is 14.5 Å². The average molecular weight is 281 g/mol. The van der Waals surface area contributed by atoms with Gasteiger partial charge in [0, 0.05) is 23.3 Å². The quantitative estimate of drug-likeness (QED) is 0.680. The average Bonchev–Trinajstić information content (AvgIpc) is 2.36. The minimum absolute atomic E-state index is 0.115. The van der Waals surface area contributed by atoms with E-state index < -0.39 is 10.7 Å². The van der Waals surface area contributed by atoms with E-state index in [1.54, 1.807) is 24.3 Å². The molecule has 0 fully saturated rings. The smallest absolute Gasteiger partial charge is 0.274 e. The lowest BCUT2D eigenvalue weighted by Crippen LogP contribution is -2.03. The number of hydrogen-bond donors (Lipinski definition) is 1. The Hall–Kier alpha value is -2.14. The summed E-state index contributed by atoms with van der Waals surface area (Å²) in [5.74, 6) is -0.506. The highest BCUT2D eigenvalue weighted by atomic mass is 35.5. The molecule has 0 radical (unpaired) electrons. The Labute approximate surface area is 114 Å². The molecule has 2 aromatic rings. The molecule has 19 heavy (non-hydrogen) atoms. The number of nitro groups is 1. The summed E-state index contributed by atoms with van der Waals surface area (Å²) in [5.41, 5.74) is 0.881. The maximum atomic E-state index is 13.1. The normalized spacial score (nSPS) is 10.2. The highest BCUT2D eigenvalue weighted by molar-refractivity contribution is 6.30. The molecule has 0 unspecified atom stereocenters. The fourth-order valence-electron chi connectivity index (χ4n) is 1.67. The van der Waals surface area contributed by atoms with Gasteiger partial charge in [-0.2, -0.15) is 0 Å². The Kier molecular flexibility index (Phi) is 3.97. The third-order valence-corrected chi connectivity index (χ3v) is 2.78. The Morgan fingerprint density at radius 2 is 2.05 bits per heavy atom. The number of anilines is 1. The van der Waals surface area contributed by atoms with Crippen LogP contribution in [0, 0.1) is 15.9 Å². The molecule has 0 saturated heterocycles. The molecule has 0 amide bonds. The molecule has 2 rings (SSSR count). The first-order valence-corrected chi connectivity index (χ1v) is 5.86. The van der Waals surface area contributed by atoms with E-state index >= 15 is 0 Å². The number of hydrogen-bond acceptors (Lipinski definition) is 3. The van der Waals surface area contributed by atoms with Crippen LogP contribution < -0.4 is 5.32 Å². The summed E-state index contributed by atoms with van der Waals surface area (Å²) in [5, 5.41) is 14.4. The topological polar surface area (TPSA) is 55.2 Å². The van der Waals surface area contributed by atoms with Gasteiger partial charge < -0.3 is 5.32 Å². The van der Waals surface area contributed by atoms with Crippen LogP contribution >= 0.6 is 11.6 Å². The van der Waals surface area contributed by atoms with Gasteiger partial charge in [0.15, 0.2) is 0 Å². The lowest BCUT2D eigenvalue weighted by atomic mass is 10.1. The molecule has 0 aromatic heterocycles. The first kappa shape index (κ1) is 13.3. The molecular weight excluding hydrogens is 271 g/mol. The maximum absolute atomic E-state index is 13.1. The van der Waals surface area contributed by atoms with Gasteiger partial charge in [0.1, 0.15) is 5.82 Å². The van der Waals surface area contributed by atoms with E-state index in [1.807, 2.05) is 0 Å². The molecule has 4 nitrogen and oxygen atoms in total. The third kappa shape index (κ3) is 3.42. The van der Waals surface area contributed by atoms with E-state index in [0.29, 0.717) is 10.7 Å². The van der Waals surface area contributed by atoms with Crippen molar-refractivity contribution in [3.05, 3.63) is 69.0 Å². The molecule has 0 spiro atoms. The van der Waals surface area contributed by atoms with Crippen molar-refractivity contribution in [2.24, 2.45) is 0 Å². The largest absolute Gasteiger partial charge is 0.381 e. The minimum Gasteiger partial charge on any atom is -0.381 e. The number of halogens is 2. The first-order valence-electron chi connectivity index (χ1n) is 5.48. The van der Waals surface area contributed by atoms with Gasteiger partial charge in [0.2, 0.25) is 0 Å². The second-order valence-electron chi connectivity index (χ2n) is 3.89. The number of nitro benzene ring substituents is 1. The Bertz CT molecular complexity index is 619. The summed E-state index contributed by atoms with van der Waals surface area (Å²) in [6, 6.07) is 10.3. The van der Waals surface area contributed by atoms with E-state index in [2.05, 4.69) is 5.32 Å². The van der Waals surface area contributed by atoms with E-state index in [1.165, 1.54) is 0 Å². The Balaban J connectivity index is 2.19. The van der Waals surface area contributed by atoms with Gasteiger partial charge in [-0.1, -0.05) is 17.7 Å². The predicted octanol–water partition coefficient (Wildman–Crippen LogP) is 4.00. The molecule has 0 aliphatic heterocycles. The summed E-state index contributed by atoms with van der Waals surface area (Å²) < 4.78 is 13.1. The van der Waals surface area contributed by atoms with Crippen molar-refractivity contribution < 1.29 is 9.31 Å². The van der Waals surface area contributed by atoms with Crippen molar-refractivity contribution in [3.63, 3.8) is 0 Å². The van der Waals surface area contributed by atoms with Crippen LogP contribution in [0.15, 0.2) is 42.5 Å². The molecule has 0 bridgehead atoms. The fraction of sp³-hybridized carbons (Fsp3) is 0.0769. The maximum Gasteiger partial charge on any atom is 0.274 e. The first-order chi connectivity index (χ1) is 9.06. The van der Waals surface area contributed by atoms with E-state index in [0.717, 1.165) is 18.2 Å². The van der Waals surface area contributed by atoms with Crippen LogP contribution in [0.2, 0.25) is 5.02 Å². The van der Waals surface area contributed by atoms with Gasteiger partial charge in [-0.25, -0.2) is 4.39 Å². The molecular formula is C13H10ClFN2O2. The zero-order valence-electron chi connectivity index (χ0n) is 9.77. The number of nitrogens with one attached hydrogen (secondary N) is 1. The molecule has 0 aliphatic carbocycles. The standard InChI is InChI=1S/C13H10ClFN2O2/c14-10-2-1-3-12(7-10)16-8-9-6-11(15)4-5-13(9)17(18)19/h1-7,16H,8H2. The predicted molar refractivity (Wildman–Crippen MR) is 71.8 cm³/mol. The van der Waals surface area contributed by atoms with Gasteiger partial charge >= 0.3 is 0 Å². The van der Waals surface area contributed by atoms with Crippen molar-refractivity contribution in [2.75, 3.05) is 5.32 Å². The second kappa shape index (κ2) is 5.67. The Morgan fingerprint density at radius 3 is 2.74 bits per heavy atom. The summed E-state index contributed by atoms with van der Waals surface area (Å²) in [6.45, 7) is 0.147. The van der Waals surface area contributed by atoms with Crippen LogP contribution in [-0.4, -0.2) is 4.92 Å². The van der Waals surface area contributed by atoms with Crippen LogP contribution in [0.3, 0.4) is 0 Å².